The van der Waals surface area contributed by atoms with Crippen LogP contribution in [0.1, 0.15) is 17.0 Å². The lowest BCUT2D eigenvalue weighted by molar-refractivity contribution is -0.138. The number of carboxylic acid groups (broad SMARTS) is 1. The van der Waals surface area contributed by atoms with Gasteiger partial charge >= 0.3 is 5.97 Å². The summed E-state index contributed by atoms with van der Waals surface area (Å²) in [5.74, 6) is -1.58. The molecule has 1 aromatic rings. The van der Waals surface area contributed by atoms with Crippen LogP contribution in [0.5, 0.6) is 0 Å². The van der Waals surface area contributed by atoms with E-state index < -0.39 is 11.9 Å². The average Bonchev–Trinajstić information content (AvgIpc) is 2.19. The fourth-order valence-electron chi connectivity index (χ4n) is 1.47. The molecule has 82 valence electrons. The summed E-state index contributed by atoms with van der Waals surface area (Å²) in [6, 6.07) is 7.16. The Hall–Kier alpha value is -1.39. The molecule has 1 rings (SSSR count). The molecule has 0 heterocycles. The summed E-state index contributed by atoms with van der Waals surface area (Å²) in [4.78, 5) is 10.9. The molecule has 0 aliphatic rings. The number of hydrogen-bond acceptors (Lipinski definition) is 3. The Balaban J connectivity index is 2.92. The largest absolute Gasteiger partial charge is 0.481 e. The number of carboxylic acids is 1. The SMILES string of the molecule is NCC(C(=O)O)c1cccc(CCO)c1. The molecule has 0 amide bonds. The molecule has 4 nitrogen and oxygen atoms in total. The van der Waals surface area contributed by atoms with E-state index in [0.717, 1.165) is 5.56 Å². The third-order valence-corrected chi connectivity index (χ3v) is 2.29. The summed E-state index contributed by atoms with van der Waals surface area (Å²) in [6.45, 7) is 0.141. The first kappa shape index (κ1) is 11.7. The lowest BCUT2D eigenvalue weighted by atomic mass is 9.97. The van der Waals surface area contributed by atoms with E-state index in [1.165, 1.54) is 0 Å². The van der Waals surface area contributed by atoms with E-state index in [9.17, 15) is 4.79 Å². The van der Waals surface area contributed by atoms with Crippen molar-refractivity contribution >= 4 is 5.97 Å². The summed E-state index contributed by atoms with van der Waals surface area (Å²) in [5, 5.41) is 17.7. The Morgan fingerprint density at radius 2 is 2.20 bits per heavy atom. The zero-order valence-electron chi connectivity index (χ0n) is 8.39. The van der Waals surface area contributed by atoms with Crippen molar-refractivity contribution in [2.75, 3.05) is 13.2 Å². The third-order valence-electron chi connectivity index (χ3n) is 2.29. The Morgan fingerprint density at radius 3 is 2.73 bits per heavy atom. The number of benzene rings is 1. The molecule has 1 unspecified atom stereocenters. The molecule has 0 aromatic heterocycles. The van der Waals surface area contributed by atoms with Crippen LogP contribution in [0, 0.1) is 0 Å². The van der Waals surface area contributed by atoms with Crippen molar-refractivity contribution < 1.29 is 15.0 Å². The van der Waals surface area contributed by atoms with E-state index in [2.05, 4.69) is 0 Å². The van der Waals surface area contributed by atoms with Crippen LogP contribution in [0.2, 0.25) is 0 Å². The zero-order valence-corrected chi connectivity index (χ0v) is 8.39. The predicted octanol–water partition coefficient (Wildman–Crippen LogP) is 0.348. The molecule has 4 N–H and O–H groups in total. The Labute approximate surface area is 88.3 Å². The van der Waals surface area contributed by atoms with Crippen LogP contribution < -0.4 is 5.73 Å². The first-order valence-electron chi connectivity index (χ1n) is 4.81. The second-order valence-corrected chi connectivity index (χ2v) is 3.35. The maximum atomic E-state index is 10.9. The van der Waals surface area contributed by atoms with Crippen molar-refractivity contribution in [3.63, 3.8) is 0 Å². The fourth-order valence-corrected chi connectivity index (χ4v) is 1.47. The highest BCUT2D eigenvalue weighted by Crippen LogP contribution is 2.16. The molecule has 0 spiro atoms. The van der Waals surface area contributed by atoms with Gasteiger partial charge in [-0.15, -0.1) is 0 Å². The minimum Gasteiger partial charge on any atom is -0.481 e. The van der Waals surface area contributed by atoms with Crippen LogP contribution >= 0.6 is 0 Å². The normalized spacial score (nSPS) is 12.4. The maximum absolute atomic E-state index is 10.9. The first-order chi connectivity index (χ1) is 7.19. The van der Waals surface area contributed by atoms with Gasteiger partial charge in [0.05, 0.1) is 5.92 Å². The molecule has 0 bridgehead atoms. The molecular weight excluding hydrogens is 194 g/mol. The number of hydrogen-bond donors (Lipinski definition) is 3. The van der Waals surface area contributed by atoms with Crippen LogP contribution in [-0.4, -0.2) is 29.3 Å². The predicted molar refractivity (Wildman–Crippen MR) is 56.7 cm³/mol. The monoisotopic (exact) mass is 209 g/mol. The molecule has 15 heavy (non-hydrogen) atoms. The van der Waals surface area contributed by atoms with Gasteiger partial charge in [0.1, 0.15) is 0 Å². The van der Waals surface area contributed by atoms with E-state index in [1.807, 2.05) is 6.07 Å². The summed E-state index contributed by atoms with van der Waals surface area (Å²) < 4.78 is 0. The fraction of sp³-hybridized carbons (Fsp3) is 0.364. The molecule has 1 aromatic carbocycles. The van der Waals surface area contributed by atoms with Crippen LogP contribution in [0.25, 0.3) is 0 Å². The van der Waals surface area contributed by atoms with Crippen LogP contribution in [-0.2, 0) is 11.2 Å². The van der Waals surface area contributed by atoms with Crippen LogP contribution in [0.15, 0.2) is 24.3 Å². The summed E-state index contributed by atoms with van der Waals surface area (Å²) in [5.41, 5.74) is 7.02. The van der Waals surface area contributed by atoms with Crippen molar-refractivity contribution in [2.45, 2.75) is 12.3 Å². The molecule has 0 fully saturated rings. The van der Waals surface area contributed by atoms with Crippen LogP contribution in [0.4, 0.5) is 0 Å². The summed E-state index contributed by atoms with van der Waals surface area (Å²) >= 11 is 0. The molecule has 0 saturated heterocycles. The Bertz CT molecular complexity index is 338. The van der Waals surface area contributed by atoms with Gasteiger partial charge in [-0.1, -0.05) is 24.3 Å². The highest BCUT2D eigenvalue weighted by molar-refractivity contribution is 5.76. The first-order valence-corrected chi connectivity index (χ1v) is 4.81. The topological polar surface area (TPSA) is 83.6 Å². The van der Waals surface area contributed by atoms with Crippen molar-refractivity contribution in [1.82, 2.24) is 0 Å². The number of carbonyl (C=O) groups is 1. The van der Waals surface area contributed by atoms with Gasteiger partial charge in [0.2, 0.25) is 0 Å². The molecule has 0 radical (unpaired) electrons. The number of nitrogens with two attached hydrogens (primary N) is 1. The van der Waals surface area contributed by atoms with E-state index in [-0.39, 0.29) is 13.2 Å². The molecule has 4 heteroatoms. The lowest BCUT2D eigenvalue weighted by Crippen LogP contribution is -2.21. The van der Waals surface area contributed by atoms with Gasteiger partial charge in [-0.2, -0.15) is 0 Å². The maximum Gasteiger partial charge on any atom is 0.312 e. The van der Waals surface area contributed by atoms with Gasteiger partial charge in [0.15, 0.2) is 0 Å². The van der Waals surface area contributed by atoms with Gasteiger partial charge in [-0.05, 0) is 17.5 Å². The molecule has 0 aliphatic heterocycles. The molecule has 0 saturated carbocycles. The molecular formula is C11H15NO3. The Morgan fingerprint density at radius 1 is 1.47 bits per heavy atom. The van der Waals surface area contributed by atoms with E-state index in [1.54, 1.807) is 18.2 Å². The van der Waals surface area contributed by atoms with Gasteiger partial charge in [-0.25, -0.2) is 0 Å². The van der Waals surface area contributed by atoms with E-state index >= 15 is 0 Å². The number of aliphatic hydroxyl groups is 1. The molecule has 1 atom stereocenters. The zero-order chi connectivity index (χ0) is 11.3. The van der Waals surface area contributed by atoms with Gasteiger partial charge in [-0.3, -0.25) is 4.79 Å². The molecule has 0 aliphatic carbocycles. The summed E-state index contributed by atoms with van der Waals surface area (Å²) in [6.07, 6.45) is 0.532. The summed E-state index contributed by atoms with van der Waals surface area (Å²) in [7, 11) is 0. The van der Waals surface area contributed by atoms with Gasteiger partial charge in [0.25, 0.3) is 0 Å². The highest BCUT2D eigenvalue weighted by Gasteiger charge is 2.17. The quantitative estimate of drug-likeness (QED) is 0.653. The number of aliphatic hydroxyl groups excluding tert-OH is 1. The van der Waals surface area contributed by atoms with Crippen molar-refractivity contribution in [2.24, 2.45) is 5.73 Å². The van der Waals surface area contributed by atoms with Crippen molar-refractivity contribution in [3.8, 4) is 0 Å². The minimum absolute atomic E-state index is 0.0593. The third kappa shape index (κ3) is 3.04. The highest BCUT2D eigenvalue weighted by atomic mass is 16.4. The van der Waals surface area contributed by atoms with E-state index in [4.69, 9.17) is 15.9 Å². The number of aliphatic carboxylic acids is 1. The lowest BCUT2D eigenvalue weighted by Gasteiger charge is -2.11. The second kappa shape index (κ2) is 5.48. The van der Waals surface area contributed by atoms with Crippen molar-refractivity contribution in [1.29, 1.82) is 0 Å². The minimum atomic E-state index is -0.918. The second-order valence-electron chi connectivity index (χ2n) is 3.35. The van der Waals surface area contributed by atoms with Crippen LogP contribution in [0.3, 0.4) is 0 Å². The van der Waals surface area contributed by atoms with Crippen molar-refractivity contribution in [3.05, 3.63) is 35.4 Å². The van der Waals surface area contributed by atoms with E-state index in [0.29, 0.717) is 12.0 Å². The van der Waals surface area contributed by atoms with Gasteiger partial charge in [0, 0.05) is 13.2 Å². The van der Waals surface area contributed by atoms with Gasteiger partial charge < -0.3 is 15.9 Å². The average molecular weight is 209 g/mol. The smallest absolute Gasteiger partial charge is 0.312 e. The number of rotatable bonds is 5. The Kier molecular flexibility index (Phi) is 4.27. The standard InChI is InChI=1S/C11H15NO3/c12-7-10(11(14)15)9-3-1-2-8(6-9)4-5-13/h1-3,6,10,13H,4-5,7,12H2,(H,14,15).